The van der Waals surface area contributed by atoms with Crippen molar-refractivity contribution in [2.45, 2.75) is 39.2 Å². The summed E-state index contributed by atoms with van der Waals surface area (Å²) in [6, 6.07) is 0. The van der Waals surface area contributed by atoms with Gasteiger partial charge in [0, 0.05) is 25.2 Å². The van der Waals surface area contributed by atoms with E-state index in [-0.39, 0.29) is 11.3 Å². The summed E-state index contributed by atoms with van der Waals surface area (Å²) in [4.78, 5) is 11.6. The van der Waals surface area contributed by atoms with E-state index in [1.165, 1.54) is 0 Å². The zero-order valence-electron chi connectivity index (χ0n) is 10.6. The highest BCUT2D eigenvalue weighted by atomic mass is 16.1. The smallest absolute Gasteiger partial charge is 0.146 e. The van der Waals surface area contributed by atoms with E-state index in [1.807, 2.05) is 19.4 Å². The van der Waals surface area contributed by atoms with Crippen molar-refractivity contribution in [1.82, 2.24) is 15.1 Å². The Bertz CT molecular complexity index is 349. The van der Waals surface area contributed by atoms with Gasteiger partial charge in [0.25, 0.3) is 0 Å². The van der Waals surface area contributed by atoms with Gasteiger partial charge >= 0.3 is 0 Å². The van der Waals surface area contributed by atoms with Gasteiger partial charge in [0.15, 0.2) is 0 Å². The zero-order valence-corrected chi connectivity index (χ0v) is 10.6. The van der Waals surface area contributed by atoms with Gasteiger partial charge in [-0.2, -0.15) is 5.10 Å². The third kappa shape index (κ3) is 5.07. The van der Waals surface area contributed by atoms with Crippen LogP contribution in [0.4, 0.5) is 0 Å². The monoisotopic (exact) mass is 223 g/mol. The normalized spacial score (nSPS) is 11.8. The molecule has 1 heterocycles. The van der Waals surface area contributed by atoms with Crippen LogP contribution in [0.25, 0.3) is 0 Å². The molecule has 0 spiro atoms. The molecule has 0 bridgehead atoms. The van der Waals surface area contributed by atoms with E-state index < -0.39 is 0 Å². The van der Waals surface area contributed by atoms with Crippen LogP contribution in [0.15, 0.2) is 12.4 Å². The van der Waals surface area contributed by atoms with Crippen LogP contribution in [0.1, 0.15) is 32.8 Å². The lowest BCUT2D eigenvalue weighted by Crippen LogP contribution is -2.39. The molecule has 0 radical (unpaired) electrons. The second-order valence-electron chi connectivity index (χ2n) is 5.16. The highest BCUT2D eigenvalue weighted by Crippen LogP contribution is 2.02. The predicted molar refractivity (Wildman–Crippen MR) is 64.3 cm³/mol. The summed E-state index contributed by atoms with van der Waals surface area (Å²) in [5, 5.41) is 7.26. The van der Waals surface area contributed by atoms with Gasteiger partial charge in [-0.1, -0.05) is 0 Å². The van der Waals surface area contributed by atoms with Crippen LogP contribution in [0, 0.1) is 0 Å². The van der Waals surface area contributed by atoms with Crippen LogP contribution in [0.5, 0.6) is 0 Å². The molecule has 1 rings (SSSR count). The van der Waals surface area contributed by atoms with Crippen molar-refractivity contribution < 1.29 is 4.79 Å². The highest BCUT2D eigenvalue weighted by Gasteiger charge is 2.11. The van der Waals surface area contributed by atoms with Crippen molar-refractivity contribution in [2.24, 2.45) is 7.05 Å². The van der Waals surface area contributed by atoms with Gasteiger partial charge in [0.05, 0.1) is 12.7 Å². The molecule has 0 fully saturated rings. The molecule has 90 valence electrons. The van der Waals surface area contributed by atoms with Gasteiger partial charge in [-0.3, -0.25) is 9.48 Å². The summed E-state index contributed by atoms with van der Waals surface area (Å²) >= 11 is 0. The Balaban J connectivity index is 2.25. The molecule has 0 aliphatic heterocycles. The molecule has 1 N–H and O–H groups in total. The second kappa shape index (κ2) is 5.25. The number of rotatable bonds is 5. The summed E-state index contributed by atoms with van der Waals surface area (Å²) in [5.41, 5.74) is 1.12. The van der Waals surface area contributed by atoms with Crippen LogP contribution in [-0.2, 0) is 18.3 Å². The quantitative estimate of drug-likeness (QED) is 0.818. The Morgan fingerprint density at radius 2 is 2.19 bits per heavy atom. The summed E-state index contributed by atoms with van der Waals surface area (Å²) in [6.45, 7) is 6.62. The Kier molecular flexibility index (Phi) is 4.24. The Morgan fingerprint density at radius 3 is 2.69 bits per heavy atom. The van der Waals surface area contributed by atoms with Crippen LogP contribution < -0.4 is 5.32 Å². The van der Waals surface area contributed by atoms with Crippen LogP contribution in [-0.4, -0.2) is 27.6 Å². The number of ketones is 1. The maximum absolute atomic E-state index is 11.6. The fourth-order valence-electron chi connectivity index (χ4n) is 1.34. The molecule has 0 atom stereocenters. The van der Waals surface area contributed by atoms with E-state index in [1.54, 1.807) is 4.68 Å². The average molecular weight is 223 g/mol. The maximum atomic E-state index is 11.6. The zero-order chi connectivity index (χ0) is 12.2. The number of Topliss-reactive ketones (excluding diaryl/α,β-unsaturated/α-hetero) is 1. The first kappa shape index (κ1) is 12.9. The first-order valence-corrected chi connectivity index (χ1v) is 5.61. The number of hydrogen-bond donors (Lipinski definition) is 1. The van der Waals surface area contributed by atoms with Crippen molar-refractivity contribution in [3.63, 3.8) is 0 Å². The van der Waals surface area contributed by atoms with Crippen molar-refractivity contribution in [3.8, 4) is 0 Å². The molecule has 0 aliphatic rings. The molecule has 0 amide bonds. The van der Waals surface area contributed by atoms with Crippen LogP contribution >= 0.6 is 0 Å². The van der Waals surface area contributed by atoms with Crippen molar-refractivity contribution in [1.29, 1.82) is 0 Å². The molecule has 1 aromatic heterocycles. The molecule has 4 nitrogen and oxygen atoms in total. The van der Waals surface area contributed by atoms with E-state index in [0.717, 1.165) is 12.0 Å². The molecule has 0 aliphatic carbocycles. The van der Waals surface area contributed by atoms with Crippen molar-refractivity contribution in [3.05, 3.63) is 18.0 Å². The first-order valence-electron chi connectivity index (χ1n) is 5.61. The van der Waals surface area contributed by atoms with Gasteiger partial charge in [-0.25, -0.2) is 0 Å². The van der Waals surface area contributed by atoms with Crippen molar-refractivity contribution in [2.75, 3.05) is 6.54 Å². The van der Waals surface area contributed by atoms with Crippen molar-refractivity contribution >= 4 is 5.78 Å². The third-order valence-electron chi connectivity index (χ3n) is 2.27. The molecule has 0 saturated carbocycles. The Morgan fingerprint density at radius 1 is 1.50 bits per heavy atom. The van der Waals surface area contributed by atoms with Gasteiger partial charge < -0.3 is 5.32 Å². The predicted octanol–water partition coefficient (Wildman–Crippen LogP) is 1.31. The lowest BCUT2D eigenvalue weighted by Gasteiger charge is -2.19. The fourth-order valence-corrected chi connectivity index (χ4v) is 1.34. The molecular weight excluding hydrogens is 202 g/mol. The van der Waals surface area contributed by atoms with Gasteiger partial charge in [0.2, 0.25) is 0 Å². The second-order valence-corrected chi connectivity index (χ2v) is 5.16. The van der Waals surface area contributed by atoms with E-state index in [2.05, 4.69) is 31.2 Å². The summed E-state index contributed by atoms with van der Waals surface area (Å²) in [5.74, 6) is 0.249. The maximum Gasteiger partial charge on any atom is 0.146 e. The summed E-state index contributed by atoms with van der Waals surface area (Å²) < 4.78 is 1.76. The number of carbonyl (C=O) groups excluding carboxylic acids is 1. The van der Waals surface area contributed by atoms with Crippen LogP contribution in [0.2, 0.25) is 0 Å². The molecule has 0 unspecified atom stereocenters. The lowest BCUT2D eigenvalue weighted by atomic mass is 10.1. The SMILES string of the molecule is Cn1cc(CCC(=O)CNC(C)(C)C)cn1. The summed E-state index contributed by atoms with van der Waals surface area (Å²) in [6.07, 6.45) is 5.11. The fraction of sp³-hybridized carbons (Fsp3) is 0.667. The molecular formula is C12H21N3O. The van der Waals surface area contributed by atoms with E-state index in [4.69, 9.17) is 0 Å². The third-order valence-corrected chi connectivity index (χ3v) is 2.27. The minimum absolute atomic E-state index is 0.00393. The standard InChI is InChI=1S/C12H21N3O/c1-12(2,3)13-8-11(16)6-5-10-7-14-15(4)9-10/h7,9,13H,5-6,8H2,1-4H3. The van der Waals surface area contributed by atoms with Crippen LogP contribution in [0.3, 0.4) is 0 Å². The number of aryl methyl sites for hydroxylation is 2. The minimum Gasteiger partial charge on any atom is -0.305 e. The Labute approximate surface area is 97.0 Å². The number of aromatic nitrogens is 2. The molecule has 0 saturated heterocycles. The molecule has 4 heteroatoms. The highest BCUT2D eigenvalue weighted by molar-refractivity contribution is 5.80. The Hall–Kier alpha value is -1.16. The molecule has 1 aromatic rings. The number of nitrogens with zero attached hydrogens (tertiary/aromatic N) is 2. The number of nitrogens with one attached hydrogen (secondary N) is 1. The average Bonchev–Trinajstić information content (AvgIpc) is 2.57. The largest absolute Gasteiger partial charge is 0.305 e. The van der Waals surface area contributed by atoms with Gasteiger partial charge in [-0.05, 0) is 32.8 Å². The minimum atomic E-state index is 0.00393. The van der Waals surface area contributed by atoms with E-state index in [9.17, 15) is 4.79 Å². The summed E-state index contributed by atoms with van der Waals surface area (Å²) in [7, 11) is 1.88. The molecule has 16 heavy (non-hydrogen) atoms. The number of hydrogen-bond acceptors (Lipinski definition) is 3. The van der Waals surface area contributed by atoms with Gasteiger partial charge in [0.1, 0.15) is 5.78 Å². The van der Waals surface area contributed by atoms with Gasteiger partial charge in [-0.15, -0.1) is 0 Å². The molecule has 0 aromatic carbocycles. The van der Waals surface area contributed by atoms with E-state index in [0.29, 0.717) is 13.0 Å². The lowest BCUT2D eigenvalue weighted by molar-refractivity contribution is -0.118. The topological polar surface area (TPSA) is 46.9 Å². The first-order chi connectivity index (χ1) is 7.37. The van der Waals surface area contributed by atoms with E-state index >= 15 is 0 Å². The number of carbonyl (C=O) groups is 1.